The number of nitrogens with one attached hydrogen (secondary N) is 1. The molecule has 0 heterocycles. The molecule has 0 bridgehead atoms. The van der Waals surface area contributed by atoms with Crippen molar-refractivity contribution in [3.63, 3.8) is 0 Å². The molecule has 4 N–H and O–H groups in total. The Kier molecular flexibility index (Phi) is 7.43. The average Bonchev–Trinajstić information content (AvgIpc) is 3.14. The van der Waals surface area contributed by atoms with Gasteiger partial charge >= 0.3 is 0 Å². The molecule has 0 radical (unpaired) electrons. The van der Waals surface area contributed by atoms with Crippen LogP contribution in [-0.4, -0.2) is 64.3 Å². The fourth-order valence-corrected chi connectivity index (χ4v) is 9.53. The first kappa shape index (κ1) is 27.3. The molecule has 4 aliphatic carbocycles. The quantitative estimate of drug-likeness (QED) is 0.381. The third-order valence-corrected chi connectivity index (χ3v) is 11.8. The van der Waals surface area contributed by atoms with E-state index in [4.69, 9.17) is 0 Å². The van der Waals surface area contributed by atoms with Crippen LogP contribution in [0.4, 0.5) is 0 Å². The molecule has 0 aromatic carbocycles. The van der Waals surface area contributed by atoms with Crippen LogP contribution in [0.25, 0.3) is 0 Å². The van der Waals surface area contributed by atoms with Crippen LogP contribution < -0.4 is 5.32 Å². The third kappa shape index (κ3) is 4.80. The van der Waals surface area contributed by atoms with E-state index in [1.54, 1.807) is 0 Å². The van der Waals surface area contributed by atoms with E-state index >= 15 is 0 Å². The number of amides is 1. The van der Waals surface area contributed by atoms with E-state index in [0.29, 0.717) is 18.8 Å². The molecule has 9 heteroatoms. The summed E-state index contributed by atoms with van der Waals surface area (Å²) in [7, 11) is -4.35. The van der Waals surface area contributed by atoms with Crippen LogP contribution >= 0.6 is 0 Å². The summed E-state index contributed by atoms with van der Waals surface area (Å²) in [5.41, 5.74) is -1.29. The fraction of sp³-hybridized carbons (Fsp3) is 0.962. The predicted octanol–water partition coefficient (Wildman–Crippen LogP) is 2.17. The zero-order chi connectivity index (χ0) is 25.8. The number of carbonyl (C=O) groups is 1. The maximum Gasteiger partial charge on any atom is 0.220 e. The maximum absolute atomic E-state index is 12.3. The van der Waals surface area contributed by atoms with Crippen molar-refractivity contribution in [2.45, 2.75) is 103 Å². The highest BCUT2D eigenvalue weighted by Gasteiger charge is 2.69. The van der Waals surface area contributed by atoms with Gasteiger partial charge in [-0.15, -0.1) is 0 Å². The van der Waals surface area contributed by atoms with E-state index in [1.165, 1.54) is 0 Å². The first-order chi connectivity index (χ1) is 16.2. The molecule has 1 amide bonds. The van der Waals surface area contributed by atoms with E-state index in [1.807, 2.05) is 0 Å². The largest absolute Gasteiger partial charge is 0.748 e. The van der Waals surface area contributed by atoms with Crippen LogP contribution in [0, 0.1) is 40.4 Å². The minimum atomic E-state index is -4.35. The van der Waals surface area contributed by atoms with Gasteiger partial charge in [0.05, 0.1) is 33.7 Å². The summed E-state index contributed by atoms with van der Waals surface area (Å²) in [5, 5.41) is 36.7. The van der Waals surface area contributed by atoms with E-state index in [0.717, 1.165) is 44.9 Å². The van der Waals surface area contributed by atoms with Crippen LogP contribution in [-0.2, 0) is 14.9 Å². The zero-order valence-corrected chi connectivity index (χ0v) is 22.2. The van der Waals surface area contributed by atoms with E-state index < -0.39 is 33.0 Å². The number of aliphatic hydroxyl groups excluding tert-OH is 2. The molecule has 0 saturated heterocycles. The Morgan fingerprint density at radius 2 is 1.80 bits per heavy atom. The van der Waals surface area contributed by atoms with Crippen molar-refractivity contribution in [3.8, 4) is 0 Å². The second kappa shape index (κ2) is 9.53. The normalized spacial score (nSPS) is 46.3. The van der Waals surface area contributed by atoms with Crippen LogP contribution in [0.1, 0.15) is 85.0 Å². The molecule has 4 saturated carbocycles. The SMILES string of the molecule is C[C@H](CCC(=O)NCCS(=O)(=O)[O-])[C@H]1CC[C@H]2[C@@]3(O)CC[C@H]4C[C@H](O)CC[C@]4(C)[C@@H]3C[C@H](O)[C@]12C. The topological polar surface area (TPSA) is 147 Å². The molecule has 202 valence electrons. The molecule has 35 heavy (non-hydrogen) atoms. The van der Waals surface area contributed by atoms with Crippen LogP contribution in [0.2, 0.25) is 0 Å². The van der Waals surface area contributed by atoms with Gasteiger partial charge in [0.1, 0.15) is 0 Å². The van der Waals surface area contributed by atoms with Gasteiger partial charge in [0.15, 0.2) is 0 Å². The lowest BCUT2D eigenvalue weighted by Crippen LogP contribution is -2.67. The summed E-state index contributed by atoms with van der Waals surface area (Å²) in [6.07, 6.45) is 6.52. The van der Waals surface area contributed by atoms with Gasteiger partial charge in [-0.3, -0.25) is 4.79 Å². The molecular weight excluding hydrogens is 470 g/mol. The smallest absolute Gasteiger partial charge is 0.220 e. The molecule has 4 fully saturated rings. The lowest BCUT2D eigenvalue weighted by atomic mass is 9.42. The minimum Gasteiger partial charge on any atom is -0.748 e. The van der Waals surface area contributed by atoms with Gasteiger partial charge in [0.2, 0.25) is 5.91 Å². The Balaban J connectivity index is 1.44. The Morgan fingerprint density at radius 1 is 1.09 bits per heavy atom. The maximum atomic E-state index is 12.3. The van der Waals surface area contributed by atoms with Crippen molar-refractivity contribution in [2.24, 2.45) is 40.4 Å². The summed E-state index contributed by atoms with van der Waals surface area (Å²) >= 11 is 0. The first-order valence-corrected chi connectivity index (χ1v) is 15.1. The highest BCUT2D eigenvalue weighted by molar-refractivity contribution is 7.85. The van der Waals surface area contributed by atoms with Gasteiger partial charge in [0, 0.05) is 18.4 Å². The number of hydrogen-bond donors (Lipinski definition) is 4. The molecule has 4 rings (SSSR count). The van der Waals surface area contributed by atoms with Crippen molar-refractivity contribution in [3.05, 3.63) is 0 Å². The molecule has 4 aliphatic rings. The summed E-state index contributed by atoms with van der Waals surface area (Å²) in [6.45, 7) is 6.35. The summed E-state index contributed by atoms with van der Waals surface area (Å²) < 4.78 is 32.2. The van der Waals surface area contributed by atoms with Gasteiger partial charge in [-0.25, -0.2) is 8.42 Å². The number of aliphatic hydroxyl groups is 3. The summed E-state index contributed by atoms with van der Waals surface area (Å²) in [5.74, 6) is -0.107. The van der Waals surface area contributed by atoms with Gasteiger partial charge < -0.3 is 25.2 Å². The number of fused-ring (bicyclic) bond motifs is 5. The van der Waals surface area contributed by atoms with Crippen LogP contribution in [0.5, 0.6) is 0 Å². The van der Waals surface area contributed by atoms with Gasteiger partial charge in [0.25, 0.3) is 0 Å². The lowest BCUT2D eigenvalue weighted by Gasteiger charge is -2.65. The van der Waals surface area contributed by atoms with Gasteiger partial charge in [-0.1, -0.05) is 20.8 Å². The molecule has 8 nitrogen and oxygen atoms in total. The van der Waals surface area contributed by atoms with E-state index in [9.17, 15) is 33.1 Å². The lowest BCUT2D eigenvalue weighted by molar-refractivity contribution is -0.254. The van der Waals surface area contributed by atoms with Gasteiger partial charge in [-0.2, -0.15) is 0 Å². The molecule has 0 aromatic heterocycles. The Morgan fingerprint density at radius 3 is 2.49 bits per heavy atom. The molecule has 0 unspecified atom stereocenters. The van der Waals surface area contributed by atoms with E-state index in [-0.39, 0.29) is 54.1 Å². The van der Waals surface area contributed by atoms with Crippen molar-refractivity contribution in [2.75, 3.05) is 12.3 Å². The average molecular weight is 515 g/mol. The van der Waals surface area contributed by atoms with E-state index in [2.05, 4.69) is 26.1 Å². The standard InChI is InChI=1S/C26H45NO7S/c1-16(4-7-23(30)27-12-13-35(32,33)34)19-5-6-20-25(19,3)22(29)15-21-24(2)10-9-18(28)14-17(24)8-11-26(20,21)31/h16-22,28-29,31H,4-15H2,1-3H3,(H,27,30)(H,32,33,34)/p-1/t16-,17+,18-,19-,20-,21+,22+,24+,25-,26+/m1/s1. The molecule has 0 spiro atoms. The Bertz CT molecular complexity index is 911. The third-order valence-electron chi connectivity index (χ3n) is 11.1. The highest BCUT2D eigenvalue weighted by Crippen LogP contribution is 2.69. The van der Waals surface area contributed by atoms with Crippen molar-refractivity contribution in [1.29, 1.82) is 0 Å². The molecule has 10 atom stereocenters. The predicted molar refractivity (Wildman–Crippen MR) is 130 cm³/mol. The molecule has 0 aliphatic heterocycles. The first-order valence-electron chi connectivity index (χ1n) is 13.5. The molecule has 0 aromatic rings. The number of rotatable bonds is 7. The number of hydrogen-bond acceptors (Lipinski definition) is 7. The van der Waals surface area contributed by atoms with Crippen LogP contribution in [0.15, 0.2) is 0 Å². The Hall–Kier alpha value is -0.740. The minimum absolute atomic E-state index is 0.0110. The van der Waals surface area contributed by atoms with Crippen molar-refractivity contribution in [1.82, 2.24) is 5.32 Å². The second-order valence-corrected chi connectivity index (χ2v) is 14.2. The zero-order valence-electron chi connectivity index (χ0n) is 21.4. The monoisotopic (exact) mass is 514 g/mol. The van der Waals surface area contributed by atoms with Crippen LogP contribution in [0.3, 0.4) is 0 Å². The molecular formula is C26H44NO7S-. The fourth-order valence-electron chi connectivity index (χ4n) is 9.18. The van der Waals surface area contributed by atoms with Crippen molar-refractivity contribution < 1.29 is 33.1 Å². The highest BCUT2D eigenvalue weighted by atomic mass is 32.2. The summed E-state index contributed by atoms with van der Waals surface area (Å²) in [4.78, 5) is 12.2. The summed E-state index contributed by atoms with van der Waals surface area (Å²) in [6, 6.07) is 0. The second-order valence-electron chi connectivity index (χ2n) is 12.7. The van der Waals surface area contributed by atoms with Crippen molar-refractivity contribution >= 4 is 16.0 Å². The van der Waals surface area contributed by atoms with Gasteiger partial charge in [-0.05, 0) is 92.8 Å². The Labute approximate surface area is 210 Å². The number of carbonyl (C=O) groups excluding carboxylic acids is 1.